The molecule has 96 valence electrons. The topological polar surface area (TPSA) is 51.8 Å². The maximum Gasteiger partial charge on any atom is 0.138 e. The third kappa shape index (κ3) is 1.65. The summed E-state index contributed by atoms with van der Waals surface area (Å²) in [6, 6.07) is 8.56. The van der Waals surface area contributed by atoms with Crippen LogP contribution in [0.5, 0.6) is 0 Å². The van der Waals surface area contributed by atoms with E-state index in [1.165, 1.54) is 35.2 Å². The van der Waals surface area contributed by atoms with Crippen molar-refractivity contribution in [1.29, 1.82) is 0 Å². The summed E-state index contributed by atoms with van der Waals surface area (Å²) < 4.78 is 0. The van der Waals surface area contributed by atoms with E-state index in [-0.39, 0.29) is 0 Å². The molecule has 2 N–H and O–H groups in total. The van der Waals surface area contributed by atoms with Gasteiger partial charge in [-0.3, -0.25) is 0 Å². The fraction of sp³-hybridized carbons (Fsp3) is 0.375. The number of aromatic nitrogens is 2. The number of fused-ring (bicyclic) bond motifs is 2. The van der Waals surface area contributed by atoms with Crippen molar-refractivity contribution in [1.82, 2.24) is 9.97 Å². The van der Waals surface area contributed by atoms with E-state index in [1.807, 2.05) is 0 Å². The van der Waals surface area contributed by atoms with Gasteiger partial charge in [0.05, 0.1) is 0 Å². The Morgan fingerprint density at radius 3 is 2.79 bits per heavy atom. The molecule has 0 fully saturated rings. The van der Waals surface area contributed by atoms with Gasteiger partial charge in [0.2, 0.25) is 0 Å². The first-order chi connectivity index (χ1) is 9.33. The third-order valence-electron chi connectivity index (χ3n) is 4.40. The van der Waals surface area contributed by atoms with E-state index in [2.05, 4.69) is 29.2 Å². The predicted molar refractivity (Wildman–Crippen MR) is 75.1 cm³/mol. The number of aryl methyl sites for hydroxylation is 1. The number of benzene rings is 1. The fourth-order valence-electron chi connectivity index (χ4n) is 3.29. The van der Waals surface area contributed by atoms with Crippen LogP contribution in [0.2, 0.25) is 0 Å². The average molecular weight is 251 g/mol. The Kier molecular flexibility index (Phi) is 2.34. The van der Waals surface area contributed by atoms with E-state index in [9.17, 15) is 0 Å². The molecule has 1 aromatic carbocycles. The third-order valence-corrected chi connectivity index (χ3v) is 4.40. The second-order valence-corrected chi connectivity index (χ2v) is 5.55. The van der Waals surface area contributed by atoms with E-state index in [0.717, 1.165) is 25.1 Å². The zero-order chi connectivity index (χ0) is 12.8. The van der Waals surface area contributed by atoms with Gasteiger partial charge < -0.3 is 5.73 Å². The van der Waals surface area contributed by atoms with Crippen LogP contribution in [0.3, 0.4) is 0 Å². The minimum atomic E-state index is 0.353. The van der Waals surface area contributed by atoms with Gasteiger partial charge in [-0.25, -0.2) is 9.97 Å². The standard InChI is InChI=1S/C16H17N3/c17-15-12-7-3-4-8-14(12)18-16(19-15)13-9-10-5-1-2-6-11(10)13/h1-2,5-6,13H,3-4,7-9H2,(H2,17,18,19). The number of nitrogen functional groups attached to an aromatic ring is 1. The lowest BCUT2D eigenvalue weighted by Gasteiger charge is -2.30. The summed E-state index contributed by atoms with van der Waals surface area (Å²) >= 11 is 0. The zero-order valence-corrected chi connectivity index (χ0v) is 10.9. The Labute approximate surface area is 112 Å². The van der Waals surface area contributed by atoms with Crippen LogP contribution in [-0.4, -0.2) is 9.97 Å². The number of rotatable bonds is 1. The monoisotopic (exact) mass is 251 g/mol. The molecular weight excluding hydrogens is 234 g/mol. The van der Waals surface area contributed by atoms with Crippen LogP contribution in [0.15, 0.2) is 24.3 Å². The van der Waals surface area contributed by atoms with Gasteiger partial charge >= 0.3 is 0 Å². The van der Waals surface area contributed by atoms with E-state index in [4.69, 9.17) is 10.7 Å². The van der Waals surface area contributed by atoms with E-state index >= 15 is 0 Å². The van der Waals surface area contributed by atoms with E-state index in [0.29, 0.717) is 11.7 Å². The Bertz CT molecular complexity index is 648. The van der Waals surface area contributed by atoms with Gasteiger partial charge in [-0.2, -0.15) is 0 Å². The minimum Gasteiger partial charge on any atom is -0.383 e. The Balaban J connectivity index is 1.76. The van der Waals surface area contributed by atoms with Crippen molar-refractivity contribution in [3.63, 3.8) is 0 Å². The highest BCUT2D eigenvalue weighted by atomic mass is 15.0. The van der Waals surface area contributed by atoms with Gasteiger partial charge in [-0.1, -0.05) is 24.3 Å². The molecule has 3 heteroatoms. The summed E-state index contributed by atoms with van der Waals surface area (Å²) in [5.41, 5.74) is 11.3. The molecule has 0 saturated heterocycles. The molecule has 2 aromatic rings. The molecule has 0 spiro atoms. The minimum absolute atomic E-state index is 0.353. The molecule has 3 nitrogen and oxygen atoms in total. The first-order valence-corrected chi connectivity index (χ1v) is 7.06. The number of hydrogen-bond acceptors (Lipinski definition) is 3. The highest BCUT2D eigenvalue weighted by molar-refractivity contribution is 5.48. The maximum absolute atomic E-state index is 6.13. The summed E-state index contributed by atoms with van der Waals surface area (Å²) in [4.78, 5) is 9.38. The molecular formula is C16H17N3. The molecule has 0 radical (unpaired) electrons. The molecule has 0 aliphatic heterocycles. The summed E-state index contributed by atoms with van der Waals surface area (Å²) in [6.45, 7) is 0. The molecule has 1 atom stereocenters. The van der Waals surface area contributed by atoms with Gasteiger partial charge in [-0.15, -0.1) is 0 Å². The average Bonchev–Trinajstić information content (AvgIpc) is 2.40. The normalized spacial score (nSPS) is 20.3. The van der Waals surface area contributed by atoms with Crippen LogP contribution >= 0.6 is 0 Å². The van der Waals surface area contributed by atoms with Crippen molar-refractivity contribution in [3.05, 3.63) is 52.5 Å². The summed E-state index contributed by atoms with van der Waals surface area (Å²) in [6.07, 6.45) is 5.59. The Hall–Kier alpha value is -1.90. The van der Waals surface area contributed by atoms with Crippen LogP contribution in [0.4, 0.5) is 5.82 Å². The number of anilines is 1. The van der Waals surface area contributed by atoms with Crippen molar-refractivity contribution in [3.8, 4) is 0 Å². The largest absolute Gasteiger partial charge is 0.383 e. The lowest BCUT2D eigenvalue weighted by atomic mass is 9.77. The van der Waals surface area contributed by atoms with Gasteiger partial charge in [0.15, 0.2) is 0 Å². The zero-order valence-electron chi connectivity index (χ0n) is 10.9. The van der Waals surface area contributed by atoms with E-state index in [1.54, 1.807) is 0 Å². The second-order valence-electron chi connectivity index (χ2n) is 5.55. The van der Waals surface area contributed by atoms with Crippen molar-refractivity contribution < 1.29 is 0 Å². The molecule has 2 aliphatic rings. The van der Waals surface area contributed by atoms with Crippen molar-refractivity contribution in [2.45, 2.75) is 38.0 Å². The SMILES string of the molecule is Nc1nc(C2Cc3ccccc32)nc2c1CCCC2. The number of hydrogen-bond donors (Lipinski definition) is 1. The lowest BCUT2D eigenvalue weighted by molar-refractivity contribution is 0.620. The summed E-state index contributed by atoms with van der Waals surface area (Å²) in [5, 5.41) is 0. The van der Waals surface area contributed by atoms with Crippen LogP contribution in [0.25, 0.3) is 0 Å². The van der Waals surface area contributed by atoms with Crippen LogP contribution in [-0.2, 0) is 19.3 Å². The molecule has 0 amide bonds. The van der Waals surface area contributed by atoms with Gasteiger partial charge in [0.25, 0.3) is 0 Å². The smallest absolute Gasteiger partial charge is 0.138 e. The highest BCUT2D eigenvalue weighted by Crippen LogP contribution is 2.39. The quantitative estimate of drug-likeness (QED) is 0.847. The highest BCUT2D eigenvalue weighted by Gasteiger charge is 2.30. The Morgan fingerprint density at radius 1 is 1.05 bits per heavy atom. The first kappa shape index (κ1) is 11.0. The number of nitrogens with two attached hydrogens (primary N) is 1. The summed E-state index contributed by atoms with van der Waals surface area (Å²) in [7, 11) is 0. The van der Waals surface area contributed by atoms with Crippen molar-refractivity contribution in [2.75, 3.05) is 5.73 Å². The second kappa shape index (κ2) is 4.05. The summed E-state index contributed by atoms with van der Waals surface area (Å²) in [5.74, 6) is 1.99. The van der Waals surface area contributed by atoms with Gasteiger partial charge in [0, 0.05) is 17.2 Å². The fourth-order valence-corrected chi connectivity index (χ4v) is 3.29. The molecule has 0 bridgehead atoms. The first-order valence-electron chi connectivity index (χ1n) is 7.06. The van der Waals surface area contributed by atoms with Crippen LogP contribution in [0, 0.1) is 0 Å². The molecule has 1 aromatic heterocycles. The lowest BCUT2D eigenvalue weighted by Crippen LogP contribution is -2.23. The molecule has 19 heavy (non-hydrogen) atoms. The van der Waals surface area contributed by atoms with Crippen LogP contribution < -0.4 is 5.73 Å². The molecule has 1 heterocycles. The number of nitrogens with zero attached hydrogens (tertiary/aromatic N) is 2. The molecule has 0 saturated carbocycles. The van der Waals surface area contributed by atoms with Crippen LogP contribution in [0.1, 0.15) is 47.0 Å². The maximum atomic E-state index is 6.13. The van der Waals surface area contributed by atoms with E-state index < -0.39 is 0 Å². The predicted octanol–water partition coefficient (Wildman–Crippen LogP) is 2.63. The van der Waals surface area contributed by atoms with Crippen molar-refractivity contribution in [2.24, 2.45) is 0 Å². The molecule has 4 rings (SSSR count). The van der Waals surface area contributed by atoms with Crippen molar-refractivity contribution >= 4 is 5.82 Å². The van der Waals surface area contributed by atoms with Gasteiger partial charge in [-0.05, 0) is 43.2 Å². The Morgan fingerprint density at radius 2 is 1.89 bits per heavy atom. The van der Waals surface area contributed by atoms with Gasteiger partial charge in [0.1, 0.15) is 11.6 Å². The molecule has 1 unspecified atom stereocenters. The molecule has 2 aliphatic carbocycles.